The highest BCUT2D eigenvalue weighted by molar-refractivity contribution is 6.07. The number of unbranched alkanes of at least 4 members (excludes halogenated alkanes) is 5. The van der Waals surface area contributed by atoms with Gasteiger partial charge in [0.2, 0.25) is 0 Å². The third-order valence-corrected chi connectivity index (χ3v) is 4.01. The Hall–Kier alpha value is -2.36. The van der Waals surface area contributed by atoms with E-state index in [0.29, 0.717) is 18.0 Å². The topological polar surface area (TPSA) is 58.9 Å². The number of phenols is 1. The number of carbonyl (C=O) groups is 1. The summed E-state index contributed by atoms with van der Waals surface area (Å²) in [7, 11) is 0. The lowest BCUT2D eigenvalue weighted by Gasteiger charge is -1.97. The summed E-state index contributed by atoms with van der Waals surface area (Å²) < 4.78 is 5.21. The lowest BCUT2D eigenvalue weighted by molar-refractivity contribution is -0.130. The average Bonchev–Trinajstić information content (AvgIpc) is 2.95. The van der Waals surface area contributed by atoms with E-state index in [1.54, 1.807) is 30.3 Å². The van der Waals surface area contributed by atoms with Gasteiger partial charge >= 0.3 is 5.97 Å². The molecule has 0 spiro atoms. The molecular formula is C21H27NO3. The first-order valence-corrected chi connectivity index (χ1v) is 9.14. The van der Waals surface area contributed by atoms with Gasteiger partial charge in [0.1, 0.15) is 5.75 Å². The summed E-state index contributed by atoms with van der Waals surface area (Å²) in [5.41, 5.74) is 1.12. The van der Waals surface area contributed by atoms with Crippen LogP contribution in [0.4, 0.5) is 0 Å². The number of carbonyl (C=O) groups excluding carboxylic acids is 1. The van der Waals surface area contributed by atoms with Gasteiger partial charge in [-0.3, -0.25) is 0 Å². The van der Waals surface area contributed by atoms with Crippen LogP contribution in [0.15, 0.2) is 47.1 Å². The molecule has 1 aliphatic rings. The lowest BCUT2D eigenvalue weighted by atomic mass is 10.1. The molecular weight excluding hydrogens is 314 g/mol. The van der Waals surface area contributed by atoms with Crippen molar-refractivity contribution < 1.29 is 14.6 Å². The van der Waals surface area contributed by atoms with Gasteiger partial charge in [0, 0.05) is 6.42 Å². The SMILES string of the molecule is CCCCCC/C=C\CCCC1=N/C(=C\c2ccc(O)cc2)C(=O)O1. The standard InChI is InChI=1S/C21H27NO3/c1-2-3-4-5-6-7-8-9-10-11-20-22-19(21(24)25-20)16-17-12-14-18(23)15-13-17/h7-8,12-16,23H,2-6,9-11H2,1H3/b8-7-,19-16-. The fraction of sp³-hybridized carbons (Fsp3) is 0.429. The summed E-state index contributed by atoms with van der Waals surface area (Å²) in [6.07, 6.45) is 15.0. The average molecular weight is 341 g/mol. The second-order valence-electron chi connectivity index (χ2n) is 6.23. The molecule has 1 aliphatic heterocycles. The van der Waals surface area contributed by atoms with Crippen LogP contribution in [-0.4, -0.2) is 17.0 Å². The Labute approximate surface area is 149 Å². The number of phenolic OH excluding ortho intramolecular Hbond substituents is 1. The summed E-state index contributed by atoms with van der Waals surface area (Å²) in [4.78, 5) is 16.1. The lowest BCUT2D eigenvalue weighted by Crippen LogP contribution is -2.03. The van der Waals surface area contributed by atoms with Gasteiger partial charge in [-0.2, -0.15) is 0 Å². The Morgan fingerprint density at radius 3 is 2.48 bits per heavy atom. The van der Waals surface area contributed by atoms with Crippen LogP contribution >= 0.6 is 0 Å². The van der Waals surface area contributed by atoms with Crippen LogP contribution in [0.1, 0.15) is 63.9 Å². The highest BCUT2D eigenvalue weighted by Crippen LogP contribution is 2.19. The first kappa shape index (κ1) is 19.0. The normalized spacial score (nSPS) is 15.8. The number of aliphatic imine (C=N–C) groups is 1. The van der Waals surface area contributed by atoms with Crippen molar-refractivity contribution in [2.45, 2.75) is 58.3 Å². The fourth-order valence-corrected chi connectivity index (χ4v) is 2.58. The van der Waals surface area contributed by atoms with E-state index in [9.17, 15) is 9.90 Å². The molecule has 0 saturated carbocycles. The number of rotatable bonds is 10. The summed E-state index contributed by atoms with van der Waals surface area (Å²) in [6, 6.07) is 6.61. The van der Waals surface area contributed by atoms with Gasteiger partial charge in [0.25, 0.3) is 0 Å². The molecule has 1 heterocycles. The molecule has 4 heteroatoms. The molecule has 1 aromatic rings. The molecule has 0 fully saturated rings. The number of nitrogens with zero attached hydrogens (tertiary/aromatic N) is 1. The number of allylic oxidation sites excluding steroid dienone is 2. The van der Waals surface area contributed by atoms with E-state index < -0.39 is 5.97 Å². The van der Waals surface area contributed by atoms with Gasteiger partial charge in [0.15, 0.2) is 11.6 Å². The van der Waals surface area contributed by atoms with Gasteiger partial charge in [-0.25, -0.2) is 9.79 Å². The maximum Gasteiger partial charge on any atom is 0.363 e. The molecule has 2 rings (SSSR count). The highest BCUT2D eigenvalue weighted by atomic mass is 16.6. The van der Waals surface area contributed by atoms with Crippen LogP contribution in [-0.2, 0) is 9.53 Å². The van der Waals surface area contributed by atoms with E-state index in [1.165, 1.54) is 25.7 Å². The summed E-state index contributed by atoms with van der Waals surface area (Å²) in [5.74, 6) is 0.277. The number of hydrogen-bond donors (Lipinski definition) is 1. The molecule has 1 N–H and O–H groups in total. The molecule has 0 unspecified atom stereocenters. The molecule has 0 radical (unpaired) electrons. The molecule has 0 saturated heterocycles. The van der Waals surface area contributed by atoms with Crippen LogP contribution in [0.3, 0.4) is 0 Å². The smallest absolute Gasteiger partial charge is 0.363 e. The third-order valence-electron chi connectivity index (χ3n) is 4.01. The zero-order valence-electron chi connectivity index (χ0n) is 14.9. The van der Waals surface area contributed by atoms with Crippen LogP contribution in [0.2, 0.25) is 0 Å². The monoisotopic (exact) mass is 341 g/mol. The van der Waals surface area contributed by atoms with Crippen molar-refractivity contribution in [1.29, 1.82) is 0 Å². The van der Waals surface area contributed by atoms with E-state index >= 15 is 0 Å². The van der Waals surface area contributed by atoms with Crippen molar-refractivity contribution in [3.05, 3.63) is 47.7 Å². The molecule has 0 amide bonds. The first-order chi connectivity index (χ1) is 12.2. The highest BCUT2D eigenvalue weighted by Gasteiger charge is 2.22. The van der Waals surface area contributed by atoms with Crippen molar-refractivity contribution >= 4 is 17.9 Å². The summed E-state index contributed by atoms with van der Waals surface area (Å²) in [5, 5.41) is 9.28. The van der Waals surface area contributed by atoms with E-state index in [0.717, 1.165) is 24.8 Å². The second-order valence-corrected chi connectivity index (χ2v) is 6.23. The van der Waals surface area contributed by atoms with Crippen molar-refractivity contribution in [2.24, 2.45) is 4.99 Å². The quantitative estimate of drug-likeness (QED) is 0.269. The van der Waals surface area contributed by atoms with Gasteiger partial charge in [-0.1, -0.05) is 50.5 Å². The predicted octanol–water partition coefficient (Wildman–Crippen LogP) is 5.39. The molecule has 1 aromatic carbocycles. The number of aromatic hydroxyl groups is 1. The fourth-order valence-electron chi connectivity index (χ4n) is 2.58. The minimum atomic E-state index is -0.408. The van der Waals surface area contributed by atoms with Crippen molar-refractivity contribution in [1.82, 2.24) is 0 Å². The van der Waals surface area contributed by atoms with Crippen molar-refractivity contribution in [3.63, 3.8) is 0 Å². The van der Waals surface area contributed by atoms with Gasteiger partial charge in [-0.15, -0.1) is 0 Å². The van der Waals surface area contributed by atoms with Gasteiger partial charge in [0.05, 0.1) is 0 Å². The molecule has 134 valence electrons. The maximum absolute atomic E-state index is 11.8. The van der Waals surface area contributed by atoms with Crippen LogP contribution in [0.25, 0.3) is 6.08 Å². The molecule has 0 aromatic heterocycles. The van der Waals surface area contributed by atoms with Crippen molar-refractivity contribution in [3.8, 4) is 5.75 Å². The third kappa shape index (κ3) is 6.96. The minimum absolute atomic E-state index is 0.193. The largest absolute Gasteiger partial charge is 0.508 e. The van der Waals surface area contributed by atoms with Crippen LogP contribution in [0, 0.1) is 0 Å². The van der Waals surface area contributed by atoms with Gasteiger partial charge in [-0.05, 0) is 49.5 Å². The zero-order valence-corrected chi connectivity index (χ0v) is 14.9. The molecule has 0 bridgehead atoms. The summed E-state index contributed by atoms with van der Waals surface area (Å²) >= 11 is 0. The number of hydrogen-bond acceptors (Lipinski definition) is 4. The number of esters is 1. The van der Waals surface area contributed by atoms with Gasteiger partial charge < -0.3 is 9.84 Å². The number of ether oxygens (including phenoxy) is 1. The van der Waals surface area contributed by atoms with Crippen LogP contribution < -0.4 is 0 Å². The Balaban J connectivity index is 1.73. The van der Waals surface area contributed by atoms with E-state index in [2.05, 4.69) is 24.1 Å². The Bertz CT molecular complexity index is 642. The van der Waals surface area contributed by atoms with E-state index in [1.807, 2.05) is 0 Å². The number of benzene rings is 1. The maximum atomic E-state index is 11.8. The molecule has 0 atom stereocenters. The van der Waals surface area contributed by atoms with E-state index in [4.69, 9.17) is 4.74 Å². The van der Waals surface area contributed by atoms with Crippen molar-refractivity contribution in [2.75, 3.05) is 0 Å². The Kier molecular flexibility index (Phi) is 7.96. The van der Waals surface area contributed by atoms with E-state index in [-0.39, 0.29) is 5.75 Å². The first-order valence-electron chi connectivity index (χ1n) is 9.14. The molecule has 25 heavy (non-hydrogen) atoms. The zero-order chi connectivity index (χ0) is 17.9. The van der Waals surface area contributed by atoms with Crippen LogP contribution in [0.5, 0.6) is 5.75 Å². The molecule has 4 nitrogen and oxygen atoms in total. The Morgan fingerprint density at radius 1 is 1.04 bits per heavy atom. The summed E-state index contributed by atoms with van der Waals surface area (Å²) in [6.45, 7) is 2.22. The predicted molar refractivity (Wildman–Crippen MR) is 101 cm³/mol. The number of cyclic esters (lactones) is 1. The Morgan fingerprint density at radius 2 is 1.76 bits per heavy atom. The second kappa shape index (κ2) is 10.5. The minimum Gasteiger partial charge on any atom is -0.508 e. The molecule has 0 aliphatic carbocycles.